The smallest absolute Gasteiger partial charge is 0.491 e. The molecule has 0 radical (unpaired) electrons. The molecule has 3 aromatic rings. The van der Waals surface area contributed by atoms with Crippen LogP contribution < -0.4 is 37.2 Å². The molecule has 3 aromatic carbocycles. The molecule has 0 aliphatic carbocycles. The van der Waals surface area contributed by atoms with Gasteiger partial charge in [-0.3, -0.25) is 14.4 Å². The van der Waals surface area contributed by atoms with Gasteiger partial charge in [-0.2, -0.15) is 0 Å². The standard InChI is InChI=1S/C22H28BNO5.C8H8BNO2.C2H4O.CH3NO/c1-5-15(18-9-19(27-3)12-20(10-18)28-4)8-14(2)24-22(25)16-6-7-17-13-29-23(26)21(17)11-16;10-8(11)5-1-2-6-4-12-9-7(6)3-5;1-2-3;2-1-3/h6-7,9-12,14-15,26H,5,8,13H2,1-4H3,(H,24,25);1-3,9H,4H2,(H2,10,11);2H,1H3;1H,(H2,2,3). The number of nitrogens with two attached hydrogens (primary N) is 2. The summed E-state index contributed by atoms with van der Waals surface area (Å²) in [5.74, 6) is 1.23. The molecule has 2 unspecified atom stereocenters. The van der Waals surface area contributed by atoms with E-state index in [1.165, 1.54) is 6.92 Å². The minimum atomic E-state index is -0.956. The largest absolute Gasteiger partial charge is 0.497 e. The van der Waals surface area contributed by atoms with Crippen LogP contribution in [0.25, 0.3) is 0 Å². The SMILES string of the molecule is CC=O.CCC(CC(C)NC(=O)c1ccc2c(c1)B(O)OC2)c1cc(OC)cc(OC)c1.NC(=O)c1ccc2c(c1)BOC2.NC=O. The van der Waals surface area contributed by atoms with Crippen molar-refractivity contribution < 1.29 is 43.0 Å². The number of carbonyl (C=O) groups is 4. The van der Waals surface area contributed by atoms with Gasteiger partial charge in [0.15, 0.2) is 0 Å². The number of aldehydes is 1. The molecule has 0 fully saturated rings. The van der Waals surface area contributed by atoms with E-state index in [0.717, 1.165) is 52.8 Å². The van der Waals surface area contributed by atoms with Gasteiger partial charge in [0.05, 0.1) is 27.4 Å². The first kappa shape index (κ1) is 38.5. The van der Waals surface area contributed by atoms with Crippen LogP contribution >= 0.6 is 0 Å². The first-order valence-electron chi connectivity index (χ1n) is 15.1. The third-order valence-electron chi connectivity index (χ3n) is 7.43. The van der Waals surface area contributed by atoms with E-state index >= 15 is 0 Å². The Hall–Kier alpha value is -4.65. The zero-order chi connectivity index (χ0) is 34.9. The van der Waals surface area contributed by atoms with Crippen molar-refractivity contribution in [3.05, 3.63) is 82.4 Å². The number of fused-ring (bicyclic) bond motifs is 2. The maximum atomic E-state index is 12.7. The highest BCUT2D eigenvalue weighted by molar-refractivity contribution is 6.61. The lowest BCUT2D eigenvalue weighted by Gasteiger charge is -2.22. The third-order valence-corrected chi connectivity index (χ3v) is 7.43. The van der Waals surface area contributed by atoms with Gasteiger partial charge in [-0.25, -0.2) is 0 Å². The second-order valence-corrected chi connectivity index (χ2v) is 10.7. The van der Waals surface area contributed by atoms with Gasteiger partial charge in [-0.05, 0) is 90.6 Å². The number of nitrogens with one attached hydrogen (secondary N) is 1. The minimum Gasteiger partial charge on any atom is -0.497 e. The van der Waals surface area contributed by atoms with Gasteiger partial charge in [0, 0.05) is 23.2 Å². The van der Waals surface area contributed by atoms with E-state index < -0.39 is 7.12 Å². The molecule has 3 amide bonds. The molecule has 250 valence electrons. The van der Waals surface area contributed by atoms with Crippen molar-refractivity contribution in [2.75, 3.05) is 14.2 Å². The second-order valence-electron chi connectivity index (χ2n) is 10.7. The normalized spacial score (nSPS) is 13.2. The Balaban J connectivity index is 0.000000350. The lowest BCUT2D eigenvalue weighted by atomic mass is 9.78. The Bertz CT molecular complexity index is 1480. The molecule has 0 saturated heterocycles. The molecule has 2 heterocycles. The summed E-state index contributed by atoms with van der Waals surface area (Å²) in [7, 11) is 2.92. The molecule has 2 aliphatic rings. The van der Waals surface area contributed by atoms with Crippen molar-refractivity contribution in [1.29, 1.82) is 0 Å². The molecular weight excluding hydrogens is 604 g/mol. The van der Waals surface area contributed by atoms with Gasteiger partial charge >= 0.3 is 14.6 Å². The highest BCUT2D eigenvalue weighted by Crippen LogP contribution is 2.32. The second kappa shape index (κ2) is 19.8. The van der Waals surface area contributed by atoms with E-state index in [9.17, 15) is 14.6 Å². The number of hydrogen-bond donors (Lipinski definition) is 4. The Labute approximate surface area is 276 Å². The number of amides is 3. The Kier molecular flexibility index (Phi) is 16.2. The van der Waals surface area contributed by atoms with Gasteiger partial charge in [0.25, 0.3) is 5.91 Å². The minimum absolute atomic E-state index is 0.0286. The highest BCUT2D eigenvalue weighted by atomic mass is 16.5. The van der Waals surface area contributed by atoms with E-state index in [-0.39, 0.29) is 30.2 Å². The summed E-state index contributed by atoms with van der Waals surface area (Å²) in [5.41, 5.74) is 15.3. The summed E-state index contributed by atoms with van der Waals surface area (Å²) in [6.45, 7) is 6.60. The van der Waals surface area contributed by atoms with Crippen LogP contribution in [0.4, 0.5) is 0 Å². The van der Waals surface area contributed by atoms with Gasteiger partial charge < -0.3 is 45.4 Å². The van der Waals surface area contributed by atoms with Crippen LogP contribution in [0.15, 0.2) is 54.6 Å². The predicted octanol–water partition coefficient (Wildman–Crippen LogP) is 1.22. The molecule has 5 rings (SSSR count). The fraction of sp³-hybridized carbons (Fsp3) is 0.333. The van der Waals surface area contributed by atoms with E-state index in [0.29, 0.717) is 37.3 Å². The molecule has 2 aliphatic heterocycles. The summed E-state index contributed by atoms with van der Waals surface area (Å²) < 4.78 is 21.2. The average Bonchev–Trinajstić information content (AvgIpc) is 3.70. The lowest BCUT2D eigenvalue weighted by Crippen LogP contribution is -2.35. The van der Waals surface area contributed by atoms with Crippen LogP contribution in [0.5, 0.6) is 11.5 Å². The van der Waals surface area contributed by atoms with Crippen LogP contribution in [0.2, 0.25) is 0 Å². The molecule has 2 atom stereocenters. The first-order chi connectivity index (χ1) is 22.5. The maximum Gasteiger partial charge on any atom is 0.491 e. The summed E-state index contributed by atoms with van der Waals surface area (Å²) in [6, 6.07) is 16.6. The van der Waals surface area contributed by atoms with Crippen molar-refractivity contribution >= 4 is 50.0 Å². The highest BCUT2D eigenvalue weighted by Gasteiger charge is 2.28. The van der Waals surface area contributed by atoms with E-state index in [1.807, 2.05) is 37.3 Å². The molecule has 47 heavy (non-hydrogen) atoms. The van der Waals surface area contributed by atoms with Gasteiger partial charge in [-0.15, -0.1) is 0 Å². The van der Waals surface area contributed by atoms with E-state index in [2.05, 4.69) is 18.0 Å². The number of methoxy groups -OCH3 is 2. The molecule has 6 N–H and O–H groups in total. The molecule has 0 bridgehead atoms. The summed E-state index contributed by atoms with van der Waals surface area (Å²) in [5, 5.41) is 12.9. The van der Waals surface area contributed by atoms with Crippen LogP contribution in [-0.4, -0.2) is 64.4 Å². The summed E-state index contributed by atoms with van der Waals surface area (Å²) in [4.78, 5) is 40.9. The van der Waals surface area contributed by atoms with Crippen molar-refractivity contribution in [2.24, 2.45) is 11.5 Å². The quantitative estimate of drug-likeness (QED) is 0.196. The van der Waals surface area contributed by atoms with Gasteiger partial charge in [-0.1, -0.05) is 25.1 Å². The van der Waals surface area contributed by atoms with Crippen LogP contribution in [0.3, 0.4) is 0 Å². The third kappa shape index (κ3) is 11.6. The first-order valence-corrected chi connectivity index (χ1v) is 15.1. The van der Waals surface area contributed by atoms with Crippen molar-refractivity contribution in [1.82, 2.24) is 5.32 Å². The number of primary amides is 2. The Morgan fingerprint density at radius 1 is 1.02 bits per heavy atom. The zero-order valence-electron chi connectivity index (χ0n) is 27.5. The molecule has 14 heteroatoms. The number of rotatable bonds is 9. The van der Waals surface area contributed by atoms with Crippen molar-refractivity contribution in [2.45, 2.75) is 58.8 Å². The molecule has 0 aromatic heterocycles. The van der Waals surface area contributed by atoms with Crippen molar-refractivity contribution in [3.8, 4) is 11.5 Å². The van der Waals surface area contributed by atoms with Crippen LogP contribution in [0.1, 0.15) is 76.9 Å². The van der Waals surface area contributed by atoms with E-state index in [1.54, 1.807) is 38.5 Å². The maximum absolute atomic E-state index is 12.7. The molecule has 0 saturated carbocycles. The monoisotopic (exact) mass is 647 g/mol. The molecule has 12 nitrogen and oxygen atoms in total. The van der Waals surface area contributed by atoms with E-state index in [4.69, 9.17) is 34.1 Å². The topological polar surface area (TPSA) is 190 Å². The summed E-state index contributed by atoms with van der Waals surface area (Å²) in [6.07, 6.45) is 2.72. The molecular formula is C33H43B2N3O9. The van der Waals surface area contributed by atoms with Gasteiger partial charge in [0.1, 0.15) is 17.8 Å². The van der Waals surface area contributed by atoms with Crippen LogP contribution in [0, 0.1) is 0 Å². The summed E-state index contributed by atoms with van der Waals surface area (Å²) >= 11 is 0. The molecule has 0 spiro atoms. The average molecular weight is 647 g/mol. The number of benzene rings is 3. The Morgan fingerprint density at radius 2 is 1.62 bits per heavy atom. The number of carbonyl (C=O) groups excluding carboxylic acids is 4. The lowest BCUT2D eigenvalue weighted by molar-refractivity contribution is -0.107. The fourth-order valence-corrected chi connectivity index (χ4v) is 5.08. The Morgan fingerprint density at radius 3 is 2.19 bits per heavy atom. The number of hydrogen-bond acceptors (Lipinski definition) is 9. The van der Waals surface area contributed by atoms with Crippen molar-refractivity contribution in [3.63, 3.8) is 0 Å². The van der Waals surface area contributed by atoms with Gasteiger partial charge in [0.2, 0.25) is 12.3 Å². The zero-order valence-corrected chi connectivity index (χ0v) is 27.5. The number of ether oxygens (including phenoxy) is 2. The fourth-order valence-electron chi connectivity index (χ4n) is 5.08. The predicted molar refractivity (Wildman–Crippen MR) is 181 cm³/mol. The van der Waals surface area contributed by atoms with Crippen LogP contribution in [-0.2, 0) is 32.1 Å².